The largest absolute Gasteiger partial charge is 0.481 e. The Kier molecular flexibility index (Phi) is 5.06. The molecule has 1 atom stereocenters. The molecular formula is C22H24ClFN2O2. The van der Waals surface area contributed by atoms with E-state index in [-0.39, 0.29) is 17.8 Å². The Morgan fingerprint density at radius 1 is 1.39 bits per heavy atom. The molecule has 2 N–H and O–H groups in total. The van der Waals surface area contributed by atoms with Crippen molar-refractivity contribution in [2.24, 2.45) is 5.92 Å². The van der Waals surface area contributed by atoms with Gasteiger partial charge in [0.15, 0.2) is 5.82 Å². The number of hydrogen-bond acceptors (Lipinski definition) is 3. The minimum absolute atomic E-state index is 0.00415. The Labute approximate surface area is 169 Å². The summed E-state index contributed by atoms with van der Waals surface area (Å²) in [5.74, 6) is -1.31. The summed E-state index contributed by atoms with van der Waals surface area (Å²) in [4.78, 5) is 13.0. The SMILES string of the molecule is CCC(Nc1cc2c(c(CN3CC(C(=O)O)C3)c1F)C2)c1ccc(Cl)c(C)c1. The van der Waals surface area contributed by atoms with Gasteiger partial charge in [-0.1, -0.05) is 30.7 Å². The van der Waals surface area contributed by atoms with Gasteiger partial charge < -0.3 is 10.4 Å². The van der Waals surface area contributed by atoms with Crippen LogP contribution in [-0.4, -0.2) is 29.1 Å². The van der Waals surface area contributed by atoms with E-state index < -0.39 is 5.97 Å². The number of hydrogen-bond donors (Lipinski definition) is 2. The number of fused-ring (bicyclic) bond motifs is 1. The van der Waals surface area contributed by atoms with Gasteiger partial charge in [0.25, 0.3) is 0 Å². The summed E-state index contributed by atoms with van der Waals surface area (Å²) in [5, 5.41) is 13.1. The van der Waals surface area contributed by atoms with Crippen molar-refractivity contribution in [2.75, 3.05) is 18.4 Å². The molecule has 0 amide bonds. The zero-order chi connectivity index (χ0) is 20.0. The number of anilines is 1. The summed E-state index contributed by atoms with van der Waals surface area (Å²) in [6.45, 7) is 5.49. The first-order valence-electron chi connectivity index (χ1n) is 9.68. The summed E-state index contributed by atoms with van der Waals surface area (Å²) in [5.41, 5.74) is 5.59. The van der Waals surface area contributed by atoms with Crippen molar-refractivity contribution in [2.45, 2.75) is 39.3 Å². The fourth-order valence-electron chi connectivity index (χ4n) is 3.96. The summed E-state index contributed by atoms with van der Waals surface area (Å²) >= 11 is 6.14. The Hall–Kier alpha value is -2.11. The van der Waals surface area contributed by atoms with Gasteiger partial charge in [0, 0.05) is 30.2 Å². The predicted octanol–water partition coefficient (Wildman–Crippen LogP) is 4.77. The zero-order valence-electron chi connectivity index (χ0n) is 16.1. The van der Waals surface area contributed by atoms with Gasteiger partial charge in [-0.2, -0.15) is 0 Å². The molecule has 2 aliphatic rings. The smallest absolute Gasteiger partial charge is 0.309 e. The van der Waals surface area contributed by atoms with Crippen LogP contribution in [0.25, 0.3) is 0 Å². The van der Waals surface area contributed by atoms with Crippen LogP contribution in [-0.2, 0) is 17.8 Å². The number of carboxylic acids is 1. The predicted molar refractivity (Wildman–Crippen MR) is 108 cm³/mol. The van der Waals surface area contributed by atoms with Crippen LogP contribution in [0.2, 0.25) is 5.02 Å². The Balaban J connectivity index is 1.53. The van der Waals surface area contributed by atoms with Crippen molar-refractivity contribution in [1.82, 2.24) is 4.90 Å². The van der Waals surface area contributed by atoms with Crippen molar-refractivity contribution in [3.8, 4) is 0 Å². The summed E-state index contributed by atoms with van der Waals surface area (Å²) in [6.07, 6.45) is 1.64. The molecule has 6 heteroatoms. The maximum Gasteiger partial charge on any atom is 0.309 e. The van der Waals surface area contributed by atoms with Crippen LogP contribution in [0.1, 0.15) is 47.2 Å². The lowest BCUT2D eigenvalue weighted by Crippen LogP contribution is -2.49. The highest BCUT2D eigenvalue weighted by Crippen LogP contribution is 2.40. The maximum absolute atomic E-state index is 15.3. The van der Waals surface area contributed by atoms with Gasteiger partial charge >= 0.3 is 5.97 Å². The fraction of sp³-hybridized carbons (Fsp3) is 0.409. The van der Waals surface area contributed by atoms with Crippen LogP contribution >= 0.6 is 11.6 Å². The Bertz CT molecular complexity index is 941. The van der Waals surface area contributed by atoms with E-state index in [1.54, 1.807) is 0 Å². The van der Waals surface area contributed by atoms with E-state index in [1.165, 1.54) is 5.56 Å². The van der Waals surface area contributed by atoms with Crippen LogP contribution in [0, 0.1) is 18.7 Å². The quantitative estimate of drug-likeness (QED) is 0.597. The molecule has 4 nitrogen and oxygen atoms in total. The van der Waals surface area contributed by atoms with Crippen LogP contribution in [0.3, 0.4) is 0 Å². The van der Waals surface area contributed by atoms with Crippen LogP contribution in [0.4, 0.5) is 10.1 Å². The van der Waals surface area contributed by atoms with Crippen molar-refractivity contribution in [1.29, 1.82) is 0 Å². The van der Waals surface area contributed by atoms with E-state index >= 15 is 4.39 Å². The number of benzene rings is 2. The van der Waals surface area contributed by atoms with Crippen LogP contribution in [0.5, 0.6) is 0 Å². The van der Waals surface area contributed by atoms with Gasteiger partial charge in [-0.25, -0.2) is 4.39 Å². The fourth-order valence-corrected chi connectivity index (χ4v) is 4.08. The van der Waals surface area contributed by atoms with Gasteiger partial charge in [0.2, 0.25) is 0 Å². The third kappa shape index (κ3) is 3.61. The third-order valence-electron chi connectivity index (χ3n) is 5.82. The second-order valence-electron chi connectivity index (χ2n) is 7.87. The Morgan fingerprint density at radius 2 is 2.14 bits per heavy atom. The third-order valence-corrected chi connectivity index (χ3v) is 6.25. The van der Waals surface area contributed by atoms with Gasteiger partial charge in [0.1, 0.15) is 0 Å². The number of nitrogens with one attached hydrogen (secondary N) is 1. The normalized spacial score (nSPS) is 17.0. The monoisotopic (exact) mass is 402 g/mol. The highest BCUT2D eigenvalue weighted by Gasteiger charge is 2.35. The van der Waals surface area contributed by atoms with E-state index in [0.29, 0.717) is 30.9 Å². The first-order chi connectivity index (χ1) is 13.4. The molecule has 1 heterocycles. The van der Waals surface area contributed by atoms with Crippen LogP contribution < -0.4 is 5.32 Å². The molecule has 1 saturated heterocycles. The number of nitrogens with zero attached hydrogens (tertiary/aromatic N) is 1. The molecule has 2 aromatic carbocycles. The van der Waals surface area contributed by atoms with Crippen molar-refractivity contribution in [3.05, 3.63) is 62.9 Å². The van der Waals surface area contributed by atoms with Crippen molar-refractivity contribution < 1.29 is 14.3 Å². The van der Waals surface area contributed by atoms with Crippen molar-refractivity contribution >= 4 is 23.3 Å². The van der Waals surface area contributed by atoms with Gasteiger partial charge in [-0.05, 0) is 54.2 Å². The minimum atomic E-state index is -0.771. The molecular weight excluding hydrogens is 379 g/mol. The topological polar surface area (TPSA) is 52.6 Å². The molecule has 0 bridgehead atoms. The summed E-state index contributed by atoms with van der Waals surface area (Å²) < 4.78 is 15.3. The molecule has 2 aromatic rings. The maximum atomic E-state index is 15.3. The molecule has 1 aliphatic heterocycles. The van der Waals surface area contributed by atoms with E-state index in [0.717, 1.165) is 34.6 Å². The molecule has 0 spiro atoms. The lowest BCUT2D eigenvalue weighted by molar-refractivity contribution is -0.147. The van der Waals surface area contributed by atoms with Gasteiger partial charge in [-0.15, -0.1) is 0 Å². The van der Waals surface area contributed by atoms with Crippen molar-refractivity contribution in [3.63, 3.8) is 0 Å². The van der Waals surface area contributed by atoms with Gasteiger partial charge in [-0.3, -0.25) is 9.69 Å². The first kappa shape index (κ1) is 19.2. The Morgan fingerprint density at radius 3 is 2.79 bits per heavy atom. The summed E-state index contributed by atoms with van der Waals surface area (Å²) in [7, 11) is 0. The molecule has 148 valence electrons. The molecule has 1 aliphatic carbocycles. The summed E-state index contributed by atoms with van der Waals surface area (Å²) in [6, 6.07) is 7.82. The highest BCUT2D eigenvalue weighted by atomic mass is 35.5. The molecule has 28 heavy (non-hydrogen) atoms. The number of rotatable bonds is 7. The number of aryl methyl sites for hydroxylation is 1. The molecule has 1 fully saturated rings. The standard InChI is InChI=1S/C22H24ClFN2O2/c1-3-19(13-4-5-18(23)12(2)6-13)25-20-8-14-7-16(14)17(21(20)24)11-26-9-15(10-26)22(27)28/h4-6,8,15,19,25H,3,7,9-11H2,1-2H3,(H,27,28). The van der Waals surface area contributed by atoms with Gasteiger partial charge in [0.05, 0.1) is 17.6 Å². The molecule has 0 aromatic heterocycles. The number of aliphatic carboxylic acids is 1. The molecule has 0 saturated carbocycles. The average molecular weight is 403 g/mol. The number of halogens is 2. The van der Waals surface area contributed by atoms with E-state index in [9.17, 15) is 4.79 Å². The number of carboxylic acid groups (broad SMARTS) is 1. The average Bonchev–Trinajstić information content (AvgIpc) is 3.38. The lowest BCUT2D eigenvalue weighted by atomic mass is 9.99. The lowest BCUT2D eigenvalue weighted by Gasteiger charge is -2.36. The second kappa shape index (κ2) is 7.37. The number of carbonyl (C=O) groups is 1. The van der Waals surface area contributed by atoms with E-state index in [2.05, 4.69) is 12.2 Å². The van der Waals surface area contributed by atoms with Crippen LogP contribution in [0.15, 0.2) is 24.3 Å². The molecule has 1 unspecified atom stereocenters. The first-order valence-corrected chi connectivity index (χ1v) is 10.1. The molecule has 4 rings (SSSR count). The second-order valence-corrected chi connectivity index (χ2v) is 8.28. The number of likely N-dealkylation sites (tertiary alicyclic amines) is 1. The molecule has 0 radical (unpaired) electrons. The minimum Gasteiger partial charge on any atom is -0.481 e. The van der Waals surface area contributed by atoms with E-state index in [4.69, 9.17) is 16.7 Å². The highest BCUT2D eigenvalue weighted by molar-refractivity contribution is 6.31. The van der Waals surface area contributed by atoms with E-state index in [1.807, 2.05) is 36.1 Å². The zero-order valence-corrected chi connectivity index (χ0v) is 16.8.